The third kappa shape index (κ3) is 4.71. The van der Waals surface area contributed by atoms with Crippen molar-refractivity contribution in [1.29, 1.82) is 0 Å². The van der Waals surface area contributed by atoms with E-state index in [2.05, 4.69) is 54.6 Å². The van der Waals surface area contributed by atoms with E-state index in [-0.39, 0.29) is 6.04 Å². The average Bonchev–Trinajstić information content (AvgIpc) is 2.91. The highest BCUT2D eigenvalue weighted by atomic mass is 16.5. The fourth-order valence-electron chi connectivity index (χ4n) is 2.69. The van der Waals surface area contributed by atoms with Crippen molar-refractivity contribution in [3.63, 3.8) is 0 Å². The second kappa shape index (κ2) is 9.05. The number of ether oxygens (including phenoxy) is 1. The van der Waals surface area contributed by atoms with Gasteiger partial charge in [0.25, 0.3) is 0 Å². The third-order valence-electron chi connectivity index (χ3n) is 3.92. The molecule has 1 aromatic rings. The molecule has 122 valence electrons. The number of methoxy groups -OCH3 is 1. The summed E-state index contributed by atoms with van der Waals surface area (Å²) in [4.78, 5) is 2.45. The molecule has 21 heavy (non-hydrogen) atoms. The van der Waals surface area contributed by atoms with Gasteiger partial charge >= 0.3 is 0 Å². The van der Waals surface area contributed by atoms with E-state index in [1.54, 1.807) is 7.11 Å². The van der Waals surface area contributed by atoms with Gasteiger partial charge in [-0.3, -0.25) is 4.68 Å². The predicted molar refractivity (Wildman–Crippen MR) is 88.0 cm³/mol. The summed E-state index contributed by atoms with van der Waals surface area (Å²) in [6.45, 7) is 15.1. The lowest BCUT2D eigenvalue weighted by atomic mass is 10.1. The normalized spacial score (nSPS) is 13.1. The van der Waals surface area contributed by atoms with E-state index in [9.17, 15) is 0 Å². The summed E-state index contributed by atoms with van der Waals surface area (Å²) in [6, 6.07) is 0.606. The van der Waals surface area contributed by atoms with Gasteiger partial charge in [0.15, 0.2) is 5.75 Å². The van der Waals surface area contributed by atoms with E-state index in [1.807, 2.05) is 6.20 Å². The van der Waals surface area contributed by atoms with Gasteiger partial charge in [-0.05, 0) is 46.4 Å². The van der Waals surface area contributed by atoms with Gasteiger partial charge in [-0.2, -0.15) is 5.10 Å². The Morgan fingerprint density at radius 2 is 1.95 bits per heavy atom. The minimum atomic E-state index is 0.274. The molecule has 1 rings (SSSR count). The van der Waals surface area contributed by atoms with Gasteiger partial charge in [0.1, 0.15) is 0 Å². The van der Waals surface area contributed by atoms with Gasteiger partial charge in [0, 0.05) is 6.04 Å². The summed E-state index contributed by atoms with van der Waals surface area (Å²) in [5, 5.41) is 8.09. The zero-order valence-corrected chi connectivity index (χ0v) is 14.5. The lowest BCUT2D eigenvalue weighted by molar-refractivity contribution is 0.275. The molecule has 0 aliphatic carbocycles. The zero-order valence-electron chi connectivity index (χ0n) is 14.5. The third-order valence-corrected chi connectivity index (χ3v) is 3.92. The summed E-state index contributed by atoms with van der Waals surface area (Å²) in [5.74, 6) is 0.884. The average molecular weight is 296 g/mol. The molecule has 0 amide bonds. The second-order valence-corrected chi connectivity index (χ2v) is 5.56. The van der Waals surface area contributed by atoms with E-state index >= 15 is 0 Å². The van der Waals surface area contributed by atoms with Crippen molar-refractivity contribution < 1.29 is 4.74 Å². The van der Waals surface area contributed by atoms with Crippen LogP contribution in [0, 0.1) is 0 Å². The Bertz CT molecular complexity index is 399. The molecular weight excluding hydrogens is 264 g/mol. The molecule has 1 unspecified atom stereocenters. The second-order valence-electron chi connectivity index (χ2n) is 5.56. The number of aromatic nitrogens is 2. The SMILES string of the molecule is CCNC(CCN(CC)CC)c1c(OC)cnn1C(C)C. The van der Waals surface area contributed by atoms with E-state index in [0.717, 1.165) is 38.3 Å². The van der Waals surface area contributed by atoms with Crippen molar-refractivity contribution in [1.82, 2.24) is 20.0 Å². The van der Waals surface area contributed by atoms with Crippen molar-refractivity contribution in [3.05, 3.63) is 11.9 Å². The monoisotopic (exact) mass is 296 g/mol. The molecule has 1 heterocycles. The highest BCUT2D eigenvalue weighted by Gasteiger charge is 2.23. The van der Waals surface area contributed by atoms with E-state index in [0.29, 0.717) is 6.04 Å². The maximum Gasteiger partial charge on any atom is 0.161 e. The molecule has 1 aromatic heterocycles. The molecule has 1 atom stereocenters. The summed E-state index contributed by atoms with van der Waals surface area (Å²) in [5.41, 5.74) is 1.17. The largest absolute Gasteiger partial charge is 0.493 e. The maximum atomic E-state index is 5.53. The maximum absolute atomic E-state index is 5.53. The van der Waals surface area contributed by atoms with Crippen LogP contribution in [0.25, 0.3) is 0 Å². The van der Waals surface area contributed by atoms with Crippen LogP contribution in [0.2, 0.25) is 0 Å². The van der Waals surface area contributed by atoms with Crippen LogP contribution in [-0.2, 0) is 0 Å². The predicted octanol–water partition coefficient (Wildman–Crippen LogP) is 2.86. The van der Waals surface area contributed by atoms with Gasteiger partial charge < -0.3 is 15.0 Å². The van der Waals surface area contributed by atoms with Crippen LogP contribution in [0.4, 0.5) is 0 Å². The first-order chi connectivity index (χ1) is 10.1. The Labute approximate surface area is 129 Å². The van der Waals surface area contributed by atoms with Gasteiger partial charge in [-0.15, -0.1) is 0 Å². The van der Waals surface area contributed by atoms with Crippen molar-refractivity contribution >= 4 is 0 Å². The molecule has 0 aliphatic heterocycles. The molecule has 5 nitrogen and oxygen atoms in total. The first-order valence-corrected chi connectivity index (χ1v) is 8.15. The number of hydrogen-bond acceptors (Lipinski definition) is 4. The first-order valence-electron chi connectivity index (χ1n) is 8.15. The molecule has 0 fully saturated rings. The Balaban J connectivity index is 2.96. The van der Waals surface area contributed by atoms with Crippen LogP contribution in [0.1, 0.15) is 58.8 Å². The van der Waals surface area contributed by atoms with Crippen molar-refractivity contribution in [3.8, 4) is 5.75 Å². The summed E-state index contributed by atoms with van der Waals surface area (Å²) >= 11 is 0. The van der Waals surface area contributed by atoms with E-state index in [1.165, 1.54) is 5.69 Å². The summed E-state index contributed by atoms with van der Waals surface area (Å²) < 4.78 is 7.60. The Morgan fingerprint density at radius 3 is 2.43 bits per heavy atom. The Hall–Kier alpha value is -1.07. The lowest BCUT2D eigenvalue weighted by Crippen LogP contribution is -2.31. The zero-order chi connectivity index (χ0) is 15.8. The molecule has 1 N–H and O–H groups in total. The Kier molecular flexibility index (Phi) is 7.75. The molecule has 0 saturated heterocycles. The molecule has 0 bridgehead atoms. The molecule has 0 aliphatic rings. The van der Waals surface area contributed by atoms with Crippen LogP contribution in [0.15, 0.2) is 6.20 Å². The summed E-state index contributed by atoms with van der Waals surface area (Å²) in [6.07, 6.45) is 2.89. The lowest BCUT2D eigenvalue weighted by Gasteiger charge is -2.25. The fraction of sp³-hybridized carbons (Fsp3) is 0.812. The molecule has 0 saturated carbocycles. The number of nitrogens with one attached hydrogen (secondary N) is 1. The first kappa shape index (κ1) is 18.0. The van der Waals surface area contributed by atoms with E-state index in [4.69, 9.17) is 4.74 Å². The van der Waals surface area contributed by atoms with Gasteiger partial charge in [-0.1, -0.05) is 20.8 Å². The topological polar surface area (TPSA) is 42.3 Å². The van der Waals surface area contributed by atoms with E-state index < -0.39 is 0 Å². The van der Waals surface area contributed by atoms with Gasteiger partial charge in [0.2, 0.25) is 0 Å². The van der Waals surface area contributed by atoms with Gasteiger partial charge in [-0.25, -0.2) is 0 Å². The molecule has 5 heteroatoms. The Morgan fingerprint density at radius 1 is 1.29 bits per heavy atom. The molecular formula is C16H32N4O. The fourth-order valence-corrected chi connectivity index (χ4v) is 2.69. The van der Waals surface area contributed by atoms with Crippen LogP contribution in [0.3, 0.4) is 0 Å². The number of nitrogens with zero attached hydrogens (tertiary/aromatic N) is 3. The molecule has 0 spiro atoms. The van der Waals surface area contributed by atoms with Crippen molar-refractivity contribution in [2.24, 2.45) is 0 Å². The van der Waals surface area contributed by atoms with Crippen LogP contribution >= 0.6 is 0 Å². The number of hydrogen-bond donors (Lipinski definition) is 1. The smallest absolute Gasteiger partial charge is 0.161 e. The van der Waals surface area contributed by atoms with Crippen LogP contribution in [0.5, 0.6) is 5.75 Å². The highest BCUT2D eigenvalue weighted by Crippen LogP contribution is 2.29. The standard InChI is InChI=1S/C16H32N4O/c1-7-17-14(10-11-19(8-2)9-3)16-15(21-6)12-18-20(16)13(4)5/h12-14,17H,7-11H2,1-6H3. The van der Waals surface area contributed by atoms with Gasteiger partial charge in [0.05, 0.1) is 25.0 Å². The van der Waals surface area contributed by atoms with Crippen LogP contribution < -0.4 is 10.1 Å². The highest BCUT2D eigenvalue weighted by molar-refractivity contribution is 5.29. The quantitative estimate of drug-likeness (QED) is 0.721. The van der Waals surface area contributed by atoms with Crippen molar-refractivity contribution in [2.45, 2.75) is 53.1 Å². The molecule has 0 aromatic carbocycles. The summed E-state index contributed by atoms with van der Waals surface area (Å²) in [7, 11) is 1.72. The minimum absolute atomic E-state index is 0.274. The minimum Gasteiger partial charge on any atom is -0.493 e. The van der Waals surface area contributed by atoms with Crippen LogP contribution in [-0.4, -0.2) is 48.0 Å². The number of rotatable bonds is 10. The molecule has 0 radical (unpaired) electrons. The van der Waals surface area contributed by atoms with Crippen molar-refractivity contribution in [2.75, 3.05) is 33.3 Å².